The zero-order valence-corrected chi connectivity index (χ0v) is 10.9. The average Bonchev–Trinajstić information content (AvgIpc) is 3.11. The second kappa shape index (κ2) is 4.42. The molecule has 0 unspecified atom stereocenters. The van der Waals surface area contributed by atoms with Crippen LogP contribution in [0.4, 0.5) is 0 Å². The topological polar surface area (TPSA) is 33.1 Å². The van der Waals surface area contributed by atoms with Gasteiger partial charge in [0, 0.05) is 44.3 Å². The molecule has 4 heteroatoms. The highest BCUT2D eigenvalue weighted by molar-refractivity contribution is 5.19. The monoisotopic (exact) mass is 234 g/mol. The molecule has 1 saturated carbocycles. The Morgan fingerprint density at radius 3 is 3.06 bits per heavy atom. The molecule has 1 aromatic heterocycles. The maximum Gasteiger partial charge on any atom is 0.106 e. The predicted molar refractivity (Wildman–Crippen MR) is 68.0 cm³/mol. The van der Waals surface area contributed by atoms with Crippen LogP contribution in [0.1, 0.15) is 30.1 Å². The molecule has 3 rings (SSSR count). The van der Waals surface area contributed by atoms with Gasteiger partial charge in [0.1, 0.15) is 5.82 Å². The number of imidazole rings is 1. The van der Waals surface area contributed by atoms with Crippen LogP contribution in [0.3, 0.4) is 0 Å². The SMILES string of the molecule is Cc1nc2c(n1CCN(C)C1CC1)CCNC2. The molecular weight excluding hydrogens is 212 g/mol. The van der Waals surface area contributed by atoms with Gasteiger partial charge in [-0.15, -0.1) is 0 Å². The molecule has 1 fully saturated rings. The van der Waals surface area contributed by atoms with Crippen molar-refractivity contribution in [2.75, 3.05) is 20.1 Å². The zero-order valence-electron chi connectivity index (χ0n) is 10.9. The van der Waals surface area contributed by atoms with Gasteiger partial charge in [-0.2, -0.15) is 0 Å². The zero-order chi connectivity index (χ0) is 11.8. The summed E-state index contributed by atoms with van der Waals surface area (Å²) in [5, 5.41) is 3.39. The van der Waals surface area contributed by atoms with Crippen LogP contribution in [0.2, 0.25) is 0 Å². The highest BCUT2D eigenvalue weighted by Gasteiger charge is 2.26. The molecule has 0 saturated heterocycles. The number of hydrogen-bond donors (Lipinski definition) is 1. The minimum Gasteiger partial charge on any atom is -0.331 e. The van der Waals surface area contributed by atoms with Gasteiger partial charge in [-0.3, -0.25) is 0 Å². The molecule has 0 spiro atoms. The Balaban J connectivity index is 1.70. The lowest BCUT2D eigenvalue weighted by Gasteiger charge is -2.19. The molecule has 1 N–H and O–H groups in total. The van der Waals surface area contributed by atoms with Crippen molar-refractivity contribution in [1.82, 2.24) is 19.8 Å². The van der Waals surface area contributed by atoms with Crippen molar-refractivity contribution in [2.24, 2.45) is 0 Å². The lowest BCUT2D eigenvalue weighted by atomic mass is 10.2. The van der Waals surface area contributed by atoms with Gasteiger partial charge >= 0.3 is 0 Å². The van der Waals surface area contributed by atoms with Gasteiger partial charge in [-0.05, 0) is 26.8 Å². The summed E-state index contributed by atoms with van der Waals surface area (Å²) in [4.78, 5) is 7.16. The van der Waals surface area contributed by atoms with Crippen LogP contribution >= 0.6 is 0 Å². The minimum absolute atomic E-state index is 0.858. The third kappa shape index (κ3) is 2.24. The van der Waals surface area contributed by atoms with E-state index < -0.39 is 0 Å². The Morgan fingerprint density at radius 2 is 2.29 bits per heavy atom. The van der Waals surface area contributed by atoms with Crippen LogP contribution in [0.25, 0.3) is 0 Å². The highest BCUT2D eigenvalue weighted by atomic mass is 15.2. The Kier molecular flexibility index (Phi) is 2.92. The Bertz CT molecular complexity index is 406. The summed E-state index contributed by atoms with van der Waals surface area (Å²) in [6.07, 6.45) is 3.91. The Hall–Kier alpha value is -0.870. The number of nitrogens with zero attached hydrogens (tertiary/aromatic N) is 3. The quantitative estimate of drug-likeness (QED) is 0.841. The molecule has 1 aromatic rings. The van der Waals surface area contributed by atoms with E-state index in [-0.39, 0.29) is 0 Å². The Morgan fingerprint density at radius 1 is 1.47 bits per heavy atom. The number of aryl methyl sites for hydroxylation is 1. The maximum absolute atomic E-state index is 4.67. The number of hydrogen-bond acceptors (Lipinski definition) is 3. The van der Waals surface area contributed by atoms with Crippen molar-refractivity contribution in [3.63, 3.8) is 0 Å². The number of aromatic nitrogens is 2. The van der Waals surface area contributed by atoms with Gasteiger partial charge in [0.2, 0.25) is 0 Å². The lowest BCUT2D eigenvalue weighted by Crippen LogP contribution is -2.28. The van der Waals surface area contributed by atoms with E-state index in [0.717, 1.165) is 38.6 Å². The van der Waals surface area contributed by atoms with E-state index in [1.807, 2.05) is 0 Å². The van der Waals surface area contributed by atoms with Gasteiger partial charge in [0.05, 0.1) is 5.69 Å². The number of nitrogens with one attached hydrogen (secondary N) is 1. The fourth-order valence-electron chi connectivity index (χ4n) is 2.76. The molecule has 17 heavy (non-hydrogen) atoms. The summed E-state index contributed by atoms with van der Waals surface area (Å²) in [5.41, 5.74) is 2.73. The largest absolute Gasteiger partial charge is 0.331 e. The van der Waals surface area contributed by atoms with Gasteiger partial charge in [0.25, 0.3) is 0 Å². The molecule has 4 nitrogen and oxygen atoms in total. The fourth-order valence-corrected chi connectivity index (χ4v) is 2.76. The van der Waals surface area contributed by atoms with Crippen molar-refractivity contribution >= 4 is 0 Å². The first-order valence-corrected chi connectivity index (χ1v) is 6.71. The summed E-state index contributed by atoms with van der Waals surface area (Å²) in [6.45, 7) is 6.43. The van der Waals surface area contributed by atoms with Crippen molar-refractivity contribution in [1.29, 1.82) is 0 Å². The minimum atomic E-state index is 0.858. The highest BCUT2D eigenvalue weighted by Crippen LogP contribution is 2.25. The molecule has 2 aliphatic rings. The van der Waals surface area contributed by atoms with Gasteiger partial charge < -0.3 is 14.8 Å². The molecule has 1 aliphatic carbocycles. The molecule has 0 amide bonds. The molecule has 0 atom stereocenters. The summed E-state index contributed by atoms with van der Waals surface area (Å²) in [7, 11) is 2.25. The van der Waals surface area contributed by atoms with Gasteiger partial charge in [-0.25, -0.2) is 4.98 Å². The molecule has 0 radical (unpaired) electrons. The summed E-state index contributed by atoms with van der Waals surface area (Å²) < 4.78 is 2.43. The van der Waals surface area contributed by atoms with E-state index in [2.05, 4.69) is 33.7 Å². The van der Waals surface area contributed by atoms with E-state index in [9.17, 15) is 0 Å². The number of likely N-dealkylation sites (N-methyl/N-ethyl adjacent to an activating group) is 1. The standard InChI is InChI=1S/C13H22N4/c1-10-15-12-9-14-6-5-13(12)17(10)8-7-16(2)11-3-4-11/h11,14H,3-9H2,1-2H3. The third-order valence-corrected chi connectivity index (χ3v) is 4.02. The summed E-state index contributed by atoms with van der Waals surface area (Å²) >= 11 is 0. The predicted octanol–water partition coefficient (Wildman–Crippen LogP) is 0.931. The summed E-state index contributed by atoms with van der Waals surface area (Å²) in [5.74, 6) is 1.18. The normalized spacial score (nSPS) is 19.7. The van der Waals surface area contributed by atoms with Crippen LogP contribution < -0.4 is 5.32 Å². The Labute approximate surface area is 103 Å². The van der Waals surface area contributed by atoms with Crippen molar-refractivity contribution < 1.29 is 0 Å². The first-order valence-electron chi connectivity index (χ1n) is 6.71. The van der Waals surface area contributed by atoms with Crippen molar-refractivity contribution in [3.8, 4) is 0 Å². The summed E-state index contributed by atoms with van der Waals surface area (Å²) in [6, 6.07) is 0.858. The lowest BCUT2D eigenvalue weighted by molar-refractivity contribution is 0.306. The van der Waals surface area contributed by atoms with Crippen molar-refractivity contribution in [2.45, 2.75) is 45.3 Å². The molecular formula is C13H22N4. The molecule has 0 bridgehead atoms. The van der Waals surface area contributed by atoms with Crippen LogP contribution in [-0.4, -0.2) is 40.6 Å². The van der Waals surface area contributed by atoms with Crippen LogP contribution in [0, 0.1) is 6.92 Å². The maximum atomic E-state index is 4.67. The first kappa shape index (κ1) is 11.2. The number of rotatable bonds is 4. The second-order valence-electron chi connectivity index (χ2n) is 5.34. The fraction of sp³-hybridized carbons (Fsp3) is 0.769. The van der Waals surface area contributed by atoms with Gasteiger partial charge in [-0.1, -0.05) is 0 Å². The second-order valence-corrected chi connectivity index (χ2v) is 5.34. The van der Waals surface area contributed by atoms with Crippen LogP contribution in [-0.2, 0) is 19.5 Å². The van der Waals surface area contributed by atoms with Gasteiger partial charge in [0.15, 0.2) is 0 Å². The molecule has 2 heterocycles. The van der Waals surface area contributed by atoms with E-state index in [4.69, 9.17) is 0 Å². The van der Waals surface area contributed by atoms with E-state index in [0.29, 0.717) is 0 Å². The molecule has 1 aliphatic heterocycles. The average molecular weight is 234 g/mol. The van der Waals surface area contributed by atoms with E-state index >= 15 is 0 Å². The first-order chi connectivity index (χ1) is 8.25. The molecule has 94 valence electrons. The van der Waals surface area contributed by atoms with E-state index in [1.165, 1.54) is 30.1 Å². The van der Waals surface area contributed by atoms with Crippen molar-refractivity contribution in [3.05, 3.63) is 17.2 Å². The third-order valence-electron chi connectivity index (χ3n) is 4.02. The van der Waals surface area contributed by atoms with Crippen LogP contribution in [0.15, 0.2) is 0 Å². The van der Waals surface area contributed by atoms with Crippen LogP contribution in [0.5, 0.6) is 0 Å². The number of fused-ring (bicyclic) bond motifs is 1. The molecule has 0 aromatic carbocycles. The smallest absolute Gasteiger partial charge is 0.106 e. The van der Waals surface area contributed by atoms with E-state index in [1.54, 1.807) is 0 Å².